The largest absolute Gasteiger partial charge is 0.326 e. The predicted molar refractivity (Wildman–Crippen MR) is 64.7 cm³/mol. The van der Waals surface area contributed by atoms with E-state index >= 15 is 0 Å². The first-order chi connectivity index (χ1) is 9.24. The second kappa shape index (κ2) is 5.08. The molecule has 1 N–H and O–H groups in total. The van der Waals surface area contributed by atoms with E-state index in [9.17, 15) is 8.78 Å². The molecule has 0 unspecified atom stereocenters. The van der Waals surface area contributed by atoms with Gasteiger partial charge in [-0.2, -0.15) is 8.78 Å². The standard InChI is InChI=1S/C12H15F2N5/c13-12(14)19-6-4-16-11(19)8-18-5-3-15-10(18)7-17-9-1-2-9/h3-6,9,12,17H,1-2,7-8H2. The van der Waals surface area contributed by atoms with Gasteiger partial charge in [-0.15, -0.1) is 0 Å². The van der Waals surface area contributed by atoms with Crippen molar-refractivity contribution in [1.82, 2.24) is 24.4 Å². The fourth-order valence-electron chi connectivity index (χ4n) is 1.97. The molecule has 5 nitrogen and oxygen atoms in total. The van der Waals surface area contributed by atoms with Gasteiger partial charge in [-0.05, 0) is 12.8 Å². The van der Waals surface area contributed by atoms with Crippen LogP contribution in [-0.2, 0) is 13.1 Å². The van der Waals surface area contributed by atoms with E-state index in [2.05, 4.69) is 15.3 Å². The highest BCUT2D eigenvalue weighted by molar-refractivity contribution is 5.00. The van der Waals surface area contributed by atoms with Gasteiger partial charge in [0, 0.05) is 30.8 Å². The molecule has 0 bridgehead atoms. The Hall–Kier alpha value is -1.76. The maximum absolute atomic E-state index is 12.7. The van der Waals surface area contributed by atoms with E-state index in [0.717, 1.165) is 10.4 Å². The summed E-state index contributed by atoms with van der Waals surface area (Å²) < 4.78 is 28.2. The van der Waals surface area contributed by atoms with Crippen LogP contribution in [0.1, 0.15) is 31.0 Å². The molecule has 0 aromatic carbocycles. The van der Waals surface area contributed by atoms with Crippen molar-refractivity contribution < 1.29 is 8.78 Å². The summed E-state index contributed by atoms with van der Waals surface area (Å²) in [6.45, 7) is -1.60. The summed E-state index contributed by atoms with van der Waals surface area (Å²) in [4.78, 5) is 8.22. The number of hydrogen-bond donors (Lipinski definition) is 1. The molecule has 1 fully saturated rings. The van der Waals surface area contributed by atoms with Gasteiger partial charge < -0.3 is 9.88 Å². The van der Waals surface area contributed by atoms with Crippen LogP contribution in [-0.4, -0.2) is 25.1 Å². The van der Waals surface area contributed by atoms with Gasteiger partial charge in [-0.25, -0.2) is 9.97 Å². The lowest BCUT2D eigenvalue weighted by molar-refractivity contribution is 0.0666. The number of hydrogen-bond acceptors (Lipinski definition) is 3. The zero-order chi connectivity index (χ0) is 13.2. The van der Waals surface area contributed by atoms with E-state index in [-0.39, 0.29) is 0 Å². The molecule has 19 heavy (non-hydrogen) atoms. The van der Waals surface area contributed by atoms with Crippen LogP contribution in [0.25, 0.3) is 0 Å². The zero-order valence-corrected chi connectivity index (χ0v) is 10.3. The maximum atomic E-state index is 12.7. The molecule has 1 aliphatic carbocycles. The van der Waals surface area contributed by atoms with Crippen LogP contribution in [0.5, 0.6) is 0 Å². The number of halogens is 2. The molecule has 0 atom stereocenters. The molecule has 3 rings (SSSR count). The summed E-state index contributed by atoms with van der Waals surface area (Å²) in [5.41, 5.74) is 0. The first-order valence-electron chi connectivity index (χ1n) is 6.27. The van der Waals surface area contributed by atoms with Crippen LogP contribution in [0, 0.1) is 0 Å². The highest BCUT2D eigenvalue weighted by atomic mass is 19.3. The number of rotatable bonds is 6. The van der Waals surface area contributed by atoms with Crippen LogP contribution in [0.4, 0.5) is 8.78 Å². The molecule has 102 valence electrons. The highest BCUT2D eigenvalue weighted by Crippen LogP contribution is 2.19. The lowest BCUT2D eigenvalue weighted by Gasteiger charge is -2.10. The van der Waals surface area contributed by atoms with E-state index in [4.69, 9.17) is 0 Å². The number of alkyl halides is 2. The molecule has 0 aliphatic heterocycles. The first kappa shape index (κ1) is 12.3. The summed E-state index contributed by atoms with van der Waals surface area (Å²) in [5, 5.41) is 3.36. The van der Waals surface area contributed by atoms with Crippen molar-refractivity contribution in [2.75, 3.05) is 0 Å². The SMILES string of the molecule is FC(F)n1ccnc1Cn1ccnc1CNC1CC1. The third-order valence-corrected chi connectivity index (χ3v) is 3.20. The fraction of sp³-hybridized carbons (Fsp3) is 0.500. The lowest BCUT2D eigenvalue weighted by atomic mass is 10.5. The average Bonchev–Trinajstić information content (AvgIpc) is 2.92. The molecular weight excluding hydrogens is 252 g/mol. The normalized spacial score (nSPS) is 15.3. The average molecular weight is 267 g/mol. The van der Waals surface area contributed by atoms with Crippen LogP contribution in [0.2, 0.25) is 0 Å². The minimum Gasteiger partial charge on any atom is -0.326 e. The third-order valence-electron chi connectivity index (χ3n) is 3.20. The van der Waals surface area contributed by atoms with Crippen molar-refractivity contribution in [3.8, 4) is 0 Å². The Morgan fingerprint density at radius 1 is 1.21 bits per heavy atom. The summed E-state index contributed by atoms with van der Waals surface area (Å²) in [7, 11) is 0. The summed E-state index contributed by atoms with van der Waals surface area (Å²) in [6.07, 6.45) is 8.56. The van der Waals surface area contributed by atoms with E-state index in [1.54, 1.807) is 12.4 Å². The summed E-state index contributed by atoms with van der Waals surface area (Å²) >= 11 is 0. The summed E-state index contributed by atoms with van der Waals surface area (Å²) in [6, 6.07) is 0.591. The van der Waals surface area contributed by atoms with Crippen LogP contribution >= 0.6 is 0 Å². The molecule has 0 amide bonds. The van der Waals surface area contributed by atoms with E-state index in [1.165, 1.54) is 25.2 Å². The van der Waals surface area contributed by atoms with Crippen LogP contribution in [0.3, 0.4) is 0 Å². The van der Waals surface area contributed by atoms with Crippen molar-refractivity contribution in [1.29, 1.82) is 0 Å². The second-order valence-corrected chi connectivity index (χ2v) is 4.65. The smallest absolute Gasteiger partial charge is 0.319 e. The molecule has 0 saturated heterocycles. The Morgan fingerprint density at radius 2 is 1.95 bits per heavy atom. The zero-order valence-electron chi connectivity index (χ0n) is 10.3. The van der Waals surface area contributed by atoms with Gasteiger partial charge in [0.15, 0.2) is 0 Å². The minimum absolute atomic E-state index is 0.305. The van der Waals surface area contributed by atoms with E-state index < -0.39 is 6.55 Å². The Bertz CT molecular complexity index is 544. The Kier molecular flexibility index (Phi) is 3.29. The van der Waals surface area contributed by atoms with Gasteiger partial charge in [-0.1, -0.05) is 0 Å². The molecule has 1 saturated carbocycles. The molecular formula is C12H15F2N5. The number of imidazole rings is 2. The van der Waals surface area contributed by atoms with Gasteiger partial charge in [0.2, 0.25) is 0 Å². The van der Waals surface area contributed by atoms with Gasteiger partial charge in [-0.3, -0.25) is 4.57 Å². The predicted octanol–water partition coefficient (Wildman–Crippen LogP) is 1.77. The molecule has 2 heterocycles. The molecule has 0 spiro atoms. The summed E-state index contributed by atoms with van der Waals surface area (Å²) in [5.74, 6) is 1.18. The topological polar surface area (TPSA) is 47.7 Å². The fourth-order valence-corrected chi connectivity index (χ4v) is 1.97. The van der Waals surface area contributed by atoms with Crippen LogP contribution < -0.4 is 5.32 Å². The third kappa shape index (κ3) is 2.81. The van der Waals surface area contributed by atoms with E-state index in [0.29, 0.717) is 25.0 Å². The van der Waals surface area contributed by atoms with Crippen molar-refractivity contribution in [2.45, 2.75) is 38.5 Å². The number of aromatic nitrogens is 4. The van der Waals surface area contributed by atoms with Crippen molar-refractivity contribution in [2.24, 2.45) is 0 Å². The maximum Gasteiger partial charge on any atom is 0.319 e. The Morgan fingerprint density at radius 3 is 2.68 bits per heavy atom. The van der Waals surface area contributed by atoms with Crippen LogP contribution in [0.15, 0.2) is 24.8 Å². The van der Waals surface area contributed by atoms with Crippen molar-refractivity contribution >= 4 is 0 Å². The van der Waals surface area contributed by atoms with Gasteiger partial charge in [0.1, 0.15) is 11.6 Å². The van der Waals surface area contributed by atoms with Gasteiger partial charge >= 0.3 is 6.55 Å². The number of nitrogens with one attached hydrogen (secondary N) is 1. The minimum atomic E-state index is -2.56. The van der Waals surface area contributed by atoms with Gasteiger partial charge in [0.05, 0.1) is 13.1 Å². The lowest BCUT2D eigenvalue weighted by Crippen LogP contribution is -2.19. The molecule has 2 aromatic heterocycles. The Labute approximate surface area is 109 Å². The van der Waals surface area contributed by atoms with E-state index in [1.807, 2.05) is 4.57 Å². The Balaban J connectivity index is 1.71. The highest BCUT2D eigenvalue weighted by Gasteiger charge is 2.21. The first-order valence-corrected chi connectivity index (χ1v) is 6.27. The van der Waals surface area contributed by atoms with Crippen molar-refractivity contribution in [3.63, 3.8) is 0 Å². The molecule has 0 radical (unpaired) electrons. The van der Waals surface area contributed by atoms with Crippen molar-refractivity contribution in [3.05, 3.63) is 36.4 Å². The molecule has 2 aromatic rings. The molecule has 7 heteroatoms. The number of nitrogens with zero attached hydrogens (tertiary/aromatic N) is 4. The monoisotopic (exact) mass is 267 g/mol. The molecule has 1 aliphatic rings. The second-order valence-electron chi connectivity index (χ2n) is 4.65. The van der Waals surface area contributed by atoms with Gasteiger partial charge in [0.25, 0.3) is 0 Å². The quantitative estimate of drug-likeness (QED) is 0.867.